The van der Waals surface area contributed by atoms with E-state index in [1.807, 2.05) is 30.3 Å². The Balaban J connectivity index is 2.67. The number of hydrogen-bond donors (Lipinski definition) is 0. The van der Waals surface area contributed by atoms with Crippen LogP contribution in [0, 0.1) is 0 Å². The van der Waals surface area contributed by atoms with Gasteiger partial charge in [-0.2, -0.15) is 0 Å². The van der Waals surface area contributed by atoms with Gasteiger partial charge < -0.3 is 0 Å². The van der Waals surface area contributed by atoms with Crippen molar-refractivity contribution in [1.82, 2.24) is 0 Å². The number of rotatable bonds is 5. The molecular weight excluding hydrogens is 400 g/mol. The van der Waals surface area contributed by atoms with Crippen molar-refractivity contribution < 1.29 is 32.9 Å². The molecule has 0 radical (unpaired) electrons. The molecule has 0 aliphatic rings. The Kier molecular flexibility index (Phi) is 6.26. The molecule has 0 amide bonds. The molecule has 1 aromatic rings. The molecule has 0 saturated carbocycles. The summed E-state index contributed by atoms with van der Waals surface area (Å²) in [6, 6.07) is 9.83. The van der Waals surface area contributed by atoms with E-state index in [9.17, 15) is 4.79 Å². The first kappa shape index (κ1) is 13.0. The van der Waals surface area contributed by atoms with Gasteiger partial charge in [-0.05, 0) is 0 Å². The first-order valence-corrected chi connectivity index (χ1v) is 15.7. The van der Waals surface area contributed by atoms with Crippen LogP contribution >= 0.6 is 8.25 Å². The van der Waals surface area contributed by atoms with Gasteiger partial charge in [-0.15, -0.1) is 0 Å². The minimum atomic E-state index is -1.13. The molecule has 0 aliphatic carbocycles. The summed E-state index contributed by atoms with van der Waals surface area (Å²) in [7, 11) is 5.85. The normalized spacial score (nSPS) is 11.6. The Bertz CT molecular complexity index is 303. The van der Waals surface area contributed by atoms with Crippen molar-refractivity contribution in [3.05, 3.63) is 35.9 Å². The molecule has 0 fully saturated rings. The van der Waals surface area contributed by atoms with E-state index < -0.39 is 23.3 Å². The molecule has 0 N–H and O–H groups in total. The molecule has 0 saturated heterocycles. The second kappa shape index (κ2) is 7.23. The van der Waals surface area contributed by atoms with Crippen molar-refractivity contribution >= 4 is 14.2 Å². The monoisotopic (exact) mass is 414 g/mol. The Morgan fingerprint density at radius 1 is 1.47 bits per heavy atom. The molecule has 4 heteroatoms. The van der Waals surface area contributed by atoms with Gasteiger partial charge in [0.2, 0.25) is 0 Å². The van der Waals surface area contributed by atoms with Gasteiger partial charge in [-0.25, -0.2) is 0 Å². The summed E-state index contributed by atoms with van der Waals surface area (Å²) in [5.41, 5.74) is 1.06. The number of esters is 1. The Hall–Kier alpha value is -0.0849. The van der Waals surface area contributed by atoms with E-state index >= 15 is 0 Å². The van der Waals surface area contributed by atoms with Crippen molar-refractivity contribution in [2.45, 2.75) is 23.4 Å². The first-order chi connectivity index (χ1) is 7.24. The van der Waals surface area contributed by atoms with Gasteiger partial charge >= 0.3 is 106 Å². The summed E-state index contributed by atoms with van der Waals surface area (Å²) in [5, 5.41) is 0. The zero-order chi connectivity index (χ0) is 11.1. The molecular formula is C11H13ClHgO2. The summed E-state index contributed by atoms with van der Waals surface area (Å²) in [4.78, 5) is 11.0. The third kappa shape index (κ3) is 4.98. The topological polar surface area (TPSA) is 26.3 Å². The predicted octanol–water partition coefficient (Wildman–Crippen LogP) is 3.34. The fraction of sp³-hybridized carbons (Fsp3) is 0.364. The molecule has 78 valence electrons. The fourth-order valence-corrected chi connectivity index (χ4v) is 4.82. The van der Waals surface area contributed by atoms with Crippen LogP contribution in [0.25, 0.3) is 0 Å². The first-order valence-electron chi connectivity index (χ1n) is 5.02. The standard InChI is InChI=1S/C11H13O2.ClH.Hg/c1-3-11(13-9(2)12)10-7-5-4-6-8-10;;/h4-8,11H,1,3H2,2H3;1H;/q;;+1/p-1. The second-order valence-electron chi connectivity index (χ2n) is 3.34. The van der Waals surface area contributed by atoms with Gasteiger partial charge in [0, 0.05) is 0 Å². The van der Waals surface area contributed by atoms with Crippen LogP contribution in [0.4, 0.5) is 0 Å². The molecule has 15 heavy (non-hydrogen) atoms. The Labute approximate surface area is 106 Å². The minimum absolute atomic E-state index is 0.109. The van der Waals surface area contributed by atoms with Crippen molar-refractivity contribution in [1.29, 1.82) is 0 Å². The summed E-state index contributed by atoms with van der Waals surface area (Å²) in [5.74, 6) is -0.227. The predicted molar refractivity (Wildman–Crippen MR) is 56.2 cm³/mol. The van der Waals surface area contributed by atoms with E-state index in [0.717, 1.165) is 15.9 Å². The molecule has 1 rings (SSSR count). The zero-order valence-corrected chi connectivity index (χ0v) is 15.0. The van der Waals surface area contributed by atoms with E-state index in [-0.39, 0.29) is 12.1 Å². The number of benzene rings is 1. The third-order valence-electron chi connectivity index (χ3n) is 2.08. The van der Waals surface area contributed by atoms with Crippen LogP contribution in [0.2, 0.25) is 3.93 Å². The zero-order valence-electron chi connectivity index (χ0n) is 8.78. The summed E-state index contributed by atoms with van der Waals surface area (Å²) < 4.78 is 6.34. The molecule has 0 spiro atoms. The van der Waals surface area contributed by atoms with Crippen LogP contribution in [0.3, 0.4) is 0 Å². The molecule has 0 bridgehead atoms. The molecule has 1 unspecified atom stereocenters. The summed E-state index contributed by atoms with van der Waals surface area (Å²) >= 11 is -1.13. The molecule has 2 nitrogen and oxygen atoms in total. The van der Waals surface area contributed by atoms with E-state index in [4.69, 9.17) is 13.0 Å². The average molecular weight is 413 g/mol. The van der Waals surface area contributed by atoms with Gasteiger partial charge in [0.05, 0.1) is 0 Å². The van der Waals surface area contributed by atoms with Crippen molar-refractivity contribution in [3.8, 4) is 0 Å². The molecule has 0 aliphatic heterocycles. The number of carbonyl (C=O) groups excluding carboxylic acids is 1. The van der Waals surface area contributed by atoms with E-state index in [2.05, 4.69) is 0 Å². The second-order valence-corrected chi connectivity index (χ2v) is 10.9. The Morgan fingerprint density at radius 3 is 2.67 bits per heavy atom. The number of ether oxygens (including phenoxy) is 1. The molecule has 0 aromatic heterocycles. The van der Waals surface area contributed by atoms with Crippen LogP contribution in [-0.4, -0.2) is 5.97 Å². The van der Waals surface area contributed by atoms with Crippen LogP contribution in [0.15, 0.2) is 30.3 Å². The van der Waals surface area contributed by atoms with Gasteiger partial charge in [-0.3, -0.25) is 0 Å². The van der Waals surface area contributed by atoms with Gasteiger partial charge in [0.1, 0.15) is 0 Å². The Morgan fingerprint density at radius 2 is 2.13 bits per heavy atom. The van der Waals surface area contributed by atoms with Gasteiger partial charge in [-0.1, -0.05) is 0 Å². The van der Waals surface area contributed by atoms with E-state index in [0.29, 0.717) is 0 Å². The van der Waals surface area contributed by atoms with Crippen LogP contribution < -0.4 is 0 Å². The van der Waals surface area contributed by atoms with E-state index in [1.54, 1.807) is 0 Å². The summed E-state index contributed by atoms with van der Waals surface area (Å²) in [6.45, 7) is 1.45. The van der Waals surface area contributed by atoms with Crippen molar-refractivity contribution in [3.63, 3.8) is 0 Å². The van der Waals surface area contributed by atoms with Crippen molar-refractivity contribution in [2.75, 3.05) is 0 Å². The SMILES string of the molecule is CC(=O)OC(C[CH2][Hg][Cl])c1ccccc1. The maximum absolute atomic E-state index is 11.0. The van der Waals surface area contributed by atoms with Crippen LogP contribution in [0.5, 0.6) is 0 Å². The maximum atomic E-state index is 11.0. The van der Waals surface area contributed by atoms with Crippen LogP contribution in [-0.2, 0) is 32.9 Å². The summed E-state index contributed by atoms with van der Waals surface area (Å²) in [6.07, 6.45) is 0.761. The molecule has 1 aromatic carbocycles. The number of hydrogen-bond acceptors (Lipinski definition) is 2. The van der Waals surface area contributed by atoms with Crippen molar-refractivity contribution in [2.24, 2.45) is 0 Å². The molecule has 1 atom stereocenters. The molecule has 0 heterocycles. The van der Waals surface area contributed by atoms with Gasteiger partial charge in [0.25, 0.3) is 0 Å². The quantitative estimate of drug-likeness (QED) is 0.547. The number of halogens is 1. The van der Waals surface area contributed by atoms with Gasteiger partial charge in [0.15, 0.2) is 0 Å². The fourth-order valence-electron chi connectivity index (χ4n) is 1.42. The average Bonchev–Trinajstić information content (AvgIpc) is 2.25. The van der Waals surface area contributed by atoms with Crippen LogP contribution in [0.1, 0.15) is 25.0 Å². The third-order valence-corrected chi connectivity index (χ3v) is 7.05. The number of carbonyl (C=O) groups is 1. The van der Waals surface area contributed by atoms with E-state index in [1.165, 1.54) is 6.92 Å².